The summed E-state index contributed by atoms with van der Waals surface area (Å²) in [6, 6.07) is 4.74. The summed E-state index contributed by atoms with van der Waals surface area (Å²) in [5.74, 6) is -0.515. The Morgan fingerprint density at radius 3 is 2.73 bits per heavy atom. The number of amides is 3. The van der Waals surface area contributed by atoms with E-state index in [0.717, 1.165) is 6.42 Å². The van der Waals surface area contributed by atoms with E-state index < -0.39 is 0 Å². The number of rotatable bonds is 5. The van der Waals surface area contributed by atoms with E-state index in [9.17, 15) is 14.0 Å². The first kappa shape index (κ1) is 21.1. The molecule has 0 bridgehead atoms. The number of carbonyl (C=O) groups is 2. The van der Waals surface area contributed by atoms with E-state index in [4.69, 9.17) is 9.47 Å². The van der Waals surface area contributed by atoms with E-state index in [1.165, 1.54) is 6.07 Å². The van der Waals surface area contributed by atoms with E-state index in [1.54, 1.807) is 31.1 Å². The van der Waals surface area contributed by atoms with Crippen LogP contribution in [0, 0.1) is 12.7 Å². The zero-order valence-corrected chi connectivity index (χ0v) is 17.7. The molecule has 30 heavy (non-hydrogen) atoms. The molecule has 3 amide bonds. The van der Waals surface area contributed by atoms with Crippen molar-refractivity contribution in [2.45, 2.75) is 37.8 Å². The van der Waals surface area contributed by atoms with E-state index in [0.29, 0.717) is 70.0 Å². The Morgan fingerprint density at radius 1 is 1.33 bits per heavy atom. The fourth-order valence-electron chi connectivity index (χ4n) is 4.92. The van der Waals surface area contributed by atoms with Gasteiger partial charge >= 0.3 is 6.03 Å². The van der Waals surface area contributed by atoms with E-state index in [-0.39, 0.29) is 29.3 Å². The van der Waals surface area contributed by atoms with Gasteiger partial charge in [0.2, 0.25) is 0 Å². The highest BCUT2D eigenvalue weighted by atomic mass is 19.1. The lowest BCUT2D eigenvalue weighted by Gasteiger charge is -2.42. The van der Waals surface area contributed by atoms with Crippen molar-refractivity contribution in [2.75, 3.05) is 53.1 Å². The molecule has 3 aliphatic heterocycles. The van der Waals surface area contributed by atoms with E-state index >= 15 is 0 Å². The summed E-state index contributed by atoms with van der Waals surface area (Å²) < 4.78 is 24.7. The summed E-state index contributed by atoms with van der Waals surface area (Å²) in [5, 5.41) is 0. The zero-order valence-electron chi connectivity index (χ0n) is 17.7. The van der Waals surface area contributed by atoms with Crippen molar-refractivity contribution in [2.24, 2.45) is 0 Å². The van der Waals surface area contributed by atoms with Crippen molar-refractivity contribution in [3.63, 3.8) is 0 Å². The van der Waals surface area contributed by atoms with Gasteiger partial charge in [0.25, 0.3) is 5.91 Å². The lowest BCUT2D eigenvalue weighted by molar-refractivity contribution is 0.0498. The molecule has 0 aromatic heterocycles. The number of nitrogens with zero attached hydrogens (tertiary/aromatic N) is 3. The minimum atomic E-state index is -0.363. The fraction of sp³-hybridized carbons (Fsp3) is 0.636. The summed E-state index contributed by atoms with van der Waals surface area (Å²) in [7, 11) is 1.64. The number of piperidine rings is 1. The number of urea groups is 1. The van der Waals surface area contributed by atoms with Gasteiger partial charge in [0.05, 0.1) is 18.8 Å². The Kier molecular flexibility index (Phi) is 5.97. The third-order valence-corrected chi connectivity index (χ3v) is 6.66. The van der Waals surface area contributed by atoms with Crippen LogP contribution in [0.5, 0.6) is 0 Å². The molecule has 0 N–H and O–H groups in total. The summed E-state index contributed by atoms with van der Waals surface area (Å²) in [6.07, 6.45) is 2.27. The van der Waals surface area contributed by atoms with Gasteiger partial charge in [-0.15, -0.1) is 0 Å². The van der Waals surface area contributed by atoms with Gasteiger partial charge in [-0.25, -0.2) is 9.18 Å². The fourth-order valence-corrected chi connectivity index (χ4v) is 4.92. The maximum absolute atomic E-state index is 13.9. The van der Waals surface area contributed by atoms with Gasteiger partial charge in [0, 0.05) is 51.5 Å². The van der Waals surface area contributed by atoms with Crippen molar-refractivity contribution in [1.82, 2.24) is 14.7 Å². The highest BCUT2D eigenvalue weighted by molar-refractivity contribution is 5.94. The summed E-state index contributed by atoms with van der Waals surface area (Å²) in [4.78, 5) is 31.7. The average molecular weight is 419 g/mol. The van der Waals surface area contributed by atoms with Gasteiger partial charge in [0.15, 0.2) is 0 Å². The maximum atomic E-state index is 13.9. The second-order valence-corrected chi connectivity index (χ2v) is 8.58. The summed E-state index contributed by atoms with van der Waals surface area (Å²) in [5.41, 5.74) is 0.627. The number of benzene rings is 1. The predicted octanol–water partition coefficient (Wildman–Crippen LogP) is 2.28. The number of likely N-dealkylation sites (tertiary alicyclic amines) is 1. The molecule has 3 fully saturated rings. The predicted molar refractivity (Wildman–Crippen MR) is 109 cm³/mol. The normalized spacial score (nSPS) is 25.0. The Labute approximate surface area is 176 Å². The standard InChI is InChI=1S/C22H30FN3O4/c1-16-3-4-17(13-19(16)23)20(27)24-8-5-18(6-9-24)26-21(28)25(10-12-29-2)14-22(26)7-11-30-15-22/h3-4,13,18H,5-12,14-15H2,1-2H3. The number of hydrogen-bond acceptors (Lipinski definition) is 4. The quantitative estimate of drug-likeness (QED) is 0.735. The Hall–Kier alpha value is -2.19. The lowest BCUT2D eigenvalue weighted by Crippen LogP contribution is -2.56. The molecule has 7 nitrogen and oxygen atoms in total. The molecule has 0 radical (unpaired) electrons. The molecule has 8 heteroatoms. The van der Waals surface area contributed by atoms with Crippen LogP contribution in [-0.2, 0) is 9.47 Å². The molecule has 1 aromatic rings. The van der Waals surface area contributed by atoms with Crippen LogP contribution in [0.2, 0.25) is 0 Å². The second-order valence-electron chi connectivity index (χ2n) is 8.58. The Balaban J connectivity index is 1.44. The molecule has 3 heterocycles. The van der Waals surface area contributed by atoms with Gasteiger partial charge < -0.3 is 24.2 Å². The number of aryl methyl sites for hydroxylation is 1. The van der Waals surface area contributed by atoms with E-state index in [1.807, 2.05) is 9.80 Å². The molecule has 0 saturated carbocycles. The van der Waals surface area contributed by atoms with Crippen molar-refractivity contribution in [1.29, 1.82) is 0 Å². The van der Waals surface area contributed by atoms with Gasteiger partial charge in [-0.05, 0) is 43.9 Å². The summed E-state index contributed by atoms with van der Waals surface area (Å²) >= 11 is 0. The van der Waals surface area contributed by atoms with Crippen molar-refractivity contribution < 1.29 is 23.5 Å². The van der Waals surface area contributed by atoms with Gasteiger partial charge in [-0.3, -0.25) is 4.79 Å². The number of ether oxygens (including phenoxy) is 2. The molecular formula is C22H30FN3O4. The minimum Gasteiger partial charge on any atom is -0.383 e. The largest absolute Gasteiger partial charge is 0.383 e. The van der Waals surface area contributed by atoms with Gasteiger partial charge in [-0.1, -0.05) is 6.07 Å². The van der Waals surface area contributed by atoms with Crippen LogP contribution >= 0.6 is 0 Å². The number of methoxy groups -OCH3 is 1. The van der Waals surface area contributed by atoms with Crippen LogP contribution in [0.1, 0.15) is 35.2 Å². The first-order valence-corrected chi connectivity index (χ1v) is 10.7. The molecule has 4 rings (SSSR count). The van der Waals surface area contributed by atoms with Gasteiger partial charge in [-0.2, -0.15) is 0 Å². The zero-order chi connectivity index (χ0) is 21.3. The van der Waals surface area contributed by atoms with Crippen LogP contribution in [0.25, 0.3) is 0 Å². The van der Waals surface area contributed by atoms with Gasteiger partial charge in [0.1, 0.15) is 5.82 Å². The first-order valence-electron chi connectivity index (χ1n) is 10.7. The smallest absolute Gasteiger partial charge is 0.321 e. The Bertz CT molecular complexity index is 804. The highest BCUT2D eigenvalue weighted by Gasteiger charge is 2.54. The minimum absolute atomic E-state index is 0.0444. The second kappa shape index (κ2) is 8.51. The van der Waals surface area contributed by atoms with Crippen molar-refractivity contribution in [3.05, 3.63) is 35.1 Å². The molecule has 3 aliphatic rings. The molecule has 1 unspecified atom stereocenters. The molecular weight excluding hydrogens is 389 g/mol. The lowest BCUT2D eigenvalue weighted by atomic mass is 9.92. The number of halogens is 1. The number of carbonyl (C=O) groups excluding carboxylic acids is 2. The third-order valence-electron chi connectivity index (χ3n) is 6.66. The first-order chi connectivity index (χ1) is 14.4. The van der Waals surface area contributed by atoms with Crippen LogP contribution < -0.4 is 0 Å². The molecule has 1 spiro atoms. The average Bonchev–Trinajstić information content (AvgIpc) is 3.32. The molecule has 1 atom stereocenters. The third kappa shape index (κ3) is 3.78. The van der Waals surface area contributed by atoms with Crippen LogP contribution in [0.4, 0.5) is 9.18 Å². The van der Waals surface area contributed by atoms with Crippen molar-refractivity contribution >= 4 is 11.9 Å². The molecule has 3 saturated heterocycles. The highest BCUT2D eigenvalue weighted by Crippen LogP contribution is 2.38. The molecule has 0 aliphatic carbocycles. The van der Waals surface area contributed by atoms with Crippen LogP contribution in [-0.4, -0.2) is 91.3 Å². The SMILES string of the molecule is COCCN1CC2(CCOC2)N(C2CCN(C(=O)c3ccc(C)c(F)c3)CC2)C1=O. The maximum Gasteiger partial charge on any atom is 0.321 e. The van der Waals surface area contributed by atoms with Crippen LogP contribution in [0.3, 0.4) is 0 Å². The molecule has 1 aromatic carbocycles. The summed E-state index contributed by atoms with van der Waals surface area (Å²) in [6.45, 7) is 5.76. The van der Waals surface area contributed by atoms with Crippen LogP contribution in [0.15, 0.2) is 18.2 Å². The molecule has 164 valence electrons. The number of hydrogen-bond donors (Lipinski definition) is 0. The van der Waals surface area contributed by atoms with E-state index in [2.05, 4.69) is 0 Å². The van der Waals surface area contributed by atoms with Crippen molar-refractivity contribution in [3.8, 4) is 0 Å². The topological polar surface area (TPSA) is 62.3 Å². The Morgan fingerprint density at radius 2 is 2.10 bits per heavy atom. The monoisotopic (exact) mass is 419 g/mol.